The molecule has 1 aromatic rings. The van der Waals surface area contributed by atoms with Gasteiger partial charge in [0.05, 0.1) is 24.6 Å². The van der Waals surface area contributed by atoms with Gasteiger partial charge in [0.15, 0.2) is 0 Å². The van der Waals surface area contributed by atoms with Gasteiger partial charge in [0.1, 0.15) is 0 Å². The van der Waals surface area contributed by atoms with Crippen molar-refractivity contribution in [2.75, 3.05) is 14.2 Å². The lowest BCUT2D eigenvalue weighted by molar-refractivity contribution is -0.137. The zero-order valence-corrected chi connectivity index (χ0v) is 12.0. The second-order valence-corrected chi connectivity index (χ2v) is 5.35. The molecule has 0 saturated heterocycles. The van der Waals surface area contributed by atoms with Crippen LogP contribution in [0.4, 0.5) is 0 Å². The summed E-state index contributed by atoms with van der Waals surface area (Å²) in [5.41, 5.74) is 1.55. The molecule has 4 heteroatoms. The van der Waals surface area contributed by atoms with Crippen LogP contribution in [0.2, 0.25) is 0 Å². The molecule has 108 valence electrons. The highest BCUT2D eigenvalue weighted by Crippen LogP contribution is 2.38. The predicted molar refractivity (Wildman–Crippen MR) is 78.5 cm³/mol. The molecule has 2 aliphatic heterocycles. The quantitative estimate of drug-likeness (QED) is 0.615. The molecule has 0 spiro atoms. The first-order chi connectivity index (χ1) is 10.1. The number of benzene rings is 1. The number of allylic oxidation sites excluding steroid dienone is 1. The van der Waals surface area contributed by atoms with Gasteiger partial charge in [-0.25, -0.2) is 4.79 Å². The summed E-state index contributed by atoms with van der Waals surface area (Å²) < 4.78 is 4.88. The number of esters is 1. The minimum Gasteiger partial charge on any atom is -0.466 e. The van der Waals surface area contributed by atoms with E-state index in [0.29, 0.717) is 5.57 Å². The molecule has 0 N–H and O–H groups in total. The first-order valence-electron chi connectivity index (χ1n) is 6.93. The number of ether oxygens (including phenoxy) is 1. The number of methoxy groups -OCH3 is 1. The van der Waals surface area contributed by atoms with Crippen LogP contribution in [0.25, 0.3) is 0 Å². The molecule has 1 amide bonds. The Balaban J connectivity index is 2.13. The van der Waals surface area contributed by atoms with Crippen molar-refractivity contribution in [3.05, 3.63) is 59.7 Å². The normalized spacial score (nSPS) is 27.3. The molecular weight excluding hydrogens is 266 g/mol. The number of amides is 1. The van der Waals surface area contributed by atoms with E-state index in [1.165, 1.54) is 7.11 Å². The van der Waals surface area contributed by atoms with E-state index in [0.717, 1.165) is 5.56 Å². The highest BCUT2D eigenvalue weighted by molar-refractivity contribution is 5.95. The van der Waals surface area contributed by atoms with Crippen LogP contribution < -0.4 is 0 Å². The SMILES string of the molecule is COC(=O)C1=CC(c2ccccc2)C2C=CC1N(C)C2=O. The summed E-state index contributed by atoms with van der Waals surface area (Å²) in [6, 6.07) is 9.44. The summed E-state index contributed by atoms with van der Waals surface area (Å²) in [5.74, 6) is -0.755. The molecule has 0 aromatic heterocycles. The number of fused-ring (bicyclic) bond motifs is 2. The average Bonchev–Trinajstić information content (AvgIpc) is 2.77. The Hall–Kier alpha value is -2.36. The van der Waals surface area contributed by atoms with Crippen LogP contribution in [-0.4, -0.2) is 37.0 Å². The Morgan fingerprint density at radius 2 is 1.86 bits per heavy atom. The minimum atomic E-state index is -0.382. The fraction of sp³-hybridized carbons (Fsp3) is 0.294. The molecule has 1 aromatic carbocycles. The molecule has 0 saturated carbocycles. The van der Waals surface area contributed by atoms with Gasteiger partial charge in [-0.2, -0.15) is 0 Å². The van der Waals surface area contributed by atoms with E-state index < -0.39 is 0 Å². The molecule has 3 aliphatic rings. The summed E-state index contributed by atoms with van der Waals surface area (Å²) in [6.45, 7) is 0. The lowest BCUT2D eigenvalue weighted by atomic mass is 9.85. The molecule has 2 heterocycles. The van der Waals surface area contributed by atoms with Crippen molar-refractivity contribution in [2.45, 2.75) is 12.0 Å². The highest BCUT2D eigenvalue weighted by atomic mass is 16.5. The summed E-state index contributed by atoms with van der Waals surface area (Å²) >= 11 is 0. The Morgan fingerprint density at radius 3 is 2.52 bits per heavy atom. The fourth-order valence-electron chi connectivity index (χ4n) is 3.08. The summed E-state index contributed by atoms with van der Waals surface area (Å²) in [4.78, 5) is 26.2. The summed E-state index contributed by atoms with van der Waals surface area (Å²) in [6.07, 6.45) is 5.72. The second kappa shape index (κ2) is 5.20. The van der Waals surface area contributed by atoms with Crippen LogP contribution >= 0.6 is 0 Å². The van der Waals surface area contributed by atoms with Crippen LogP contribution in [0, 0.1) is 5.92 Å². The third-order valence-corrected chi connectivity index (χ3v) is 4.22. The maximum Gasteiger partial charge on any atom is 0.335 e. The van der Waals surface area contributed by atoms with E-state index in [1.807, 2.05) is 48.6 Å². The van der Waals surface area contributed by atoms with Crippen molar-refractivity contribution in [1.29, 1.82) is 0 Å². The van der Waals surface area contributed by atoms with Crippen molar-refractivity contribution in [3.63, 3.8) is 0 Å². The topological polar surface area (TPSA) is 46.6 Å². The maximum atomic E-state index is 12.5. The van der Waals surface area contributed by atoms with Crippen molar-refractivity contribution in [3.8, 4) is 0 Å². The van der Waals surface area contributed by atoms with Crippen molar-refractivity contribution in [2.24, 2.45) is 5.92 Å². The molecule has 0 fully saturated rings. The Labute approximate surface area is 123 Å². The average molecular weight is 283 g/mol. The van der Waals surface area contributed by atoms with Gasteiger partial charge >= 0.3 is 5.97 Å². The van der Waals surface area contributed by atoms with Crippen LogP contribution in [0.15, 0.2) is 54.1 Å². The van der Waals surface area contributed by atoms with Gasteiger partial charge in [-0.15, -0.1) is 0 Å². The first kappa shape index (κ1) is 13.6. The van der Waals surface area contributed by atoms with Gasteiger partial charge in [-0.05, 0) is 5.56 Å². The molecule has 0 radical (unpaired) electrons. The standard InChI is InChI=1S/C17H17NO3/c1-18-15-9-8-12(16(18)19)13(10-14(15)17(20)21-2)11-6-4-3-5-7-11/h3-10,12-13,15H,1-2H3. The molecule has 21 heavy (non-hydrogen) atoms. The Bertz CT molecular complexity index is 633. The number of hydrogen-bond acceptors (Lipinski definition) is 3. The number of carbonyl (C=O) groups excluding carboxylic acids is 2. The minimum absolute atomic E-state index is 0.0338. The van der Waals surface area contributed by atoms with Gasteiger partial charge in [-0.3, -0.25) is 4.79 Å². The lowest BCUT2D eigenvalue weighted by Crippen LogP contribution is -2.43. The van der Waals surface area contributed by atoms with Gasteiger partial charge < -0.3 is 9.64 Å². The molecule has 4 nitrogen and oxygen atoms in total. The van der Waals surface area contributed by atoms with Crippen LogP contribution in [0.1, 0.15) is 11.5 Å². The predicted octanol–water partition coefficient (Wildman–Crippen LogP) is 1.90. The largest absolute Gasteiger partial charge is 0.466 e. The number of likely N-dealkylation sites (N-methyl/N-ethyl adjacent to an activating group) is 1. The molecular formula is C17H17NO3. The zero-order valence-electron chi connectivity index (χ0n) is 12.0. The van der Waals surface area contributed by atoms with Crippen molar-refractivity contribution >= 4 is 11.9 Å². The second-order valence-electron chi connectivity index (χ2n) is 5.35. The number of nitrogens with zero attached hydrogens (tertiary/aromatic N) is 1. The zero-order chi connectivity index (χ0) is 15.0. The van der Waals surface area contributed by atoms with Crippen LogP contribution in [-0.2, 0) is 14.3 Å². The smallest absolute Gasteiger partial charge is 0.335 e. The summed E-state index contributed by atoms with van der Waals surface area (Å²) in [5, 5.41) is 0. The highest BCUT2D eigenvalue weighted by Gasteiger charge is 2.41. The van der Waals surface area contributed by atoms with E-state index in [-0.39, 0.29) is 29.8 Å². The Morgan fingerprint density at radius 1 is 1.14 bits per heavy atom. The van der Waals surface area contributed by atoms with E-state index in [2.05, 4.69) is 0 Å². The van der Waals surface area contributed by atoms with Crippen molar-refractivity contribution < 1.29 is 14.3 Å². The van der Waals surface area contributed by atoms with E-state index >= 15 is 0 Å². The van der Waals surface area contributed by atoms with Crippen LogP contribution in [0.5, 0.6) is 0 Å². The third-order valence-electron chi connectivity index (χ3n) is 4.22. The maximum absolute atomic E-state index is 12.5. The van der Waals surface area contributed by atoms with Gasteiger partial charge in [0, 0.05) is 13.0 Å². The number of hydrogen-bond donors (Lipinski definition) is 0. The van der Waals surface area contributed by atoms with E-state index in [1.54, 1.807) is 11.9 Å². The molecule has 2 bridgehead atoms. The fourth-order valence-corrected chi connectivity index (χ4v) is 3.08. The van der Waals surface area contributed by atoms with E-state index in [9.17, 15) is 9.59 Å². The number of carbonyl (C=O) groups is 2. The first-order valence-corrected chi connectivity index (χ1v) is 6.93. The van der Waals surface area contributed by atoms with Crippen LogP contribution in [0.3, 0.4) is 0 Å². The van der Waals surface area contributed by atoms with Crippen molar-refractivity contribution in [1.82, 2.24) is 4.90 Å². The van der Waals surface area contributed by atoms with Gasteiger partial charge in [0.2, 0.25) is 5.91 Å². The Kier molecular flexibility index (Phi) is 3.37. The molecule has 1 aliphatic carbocycles. The van der Waals surface area contributed by atoms with E-state index in [4.69, 9.17) is 4.74 Å². The third kappa shape index (κ3) is 2.17. The lowest BCUT2D eigenvalue weighted by Gasteiger charge is -2.31. The van der Waals surface area contributed by atoms with Gasteiger partial charge in [0.25, 0.3) is 0 Å². The molecule has 3 atom stereocenters. The molecule has 3 unspecified atom stereocenters. The molecule has 4 rings (SSSR count). The monoisotopic (exact) mass is 283 g/mol. The summed E-state index contributed by atoms with van der Waals surface area (Å²) in [7, 11) is 3.09. The number of rotatable bonds is 2. The van der Waals surface area contributed by atoms with Gasteiger partial charge in [-0.1, -0.05) is 48.6 Å².